The molecule has 20 heavy (non-hydrogen) atoms. The molecule has 0 aliphatic carbocycles. The number of aromatic nitrogens is 1. The van der Waals surface area contributed by atoms with Gasteiger partial charge in [-0.25, -0.2) is 0 Å². The van der Waals surface area contributed by atoms with Gasteiger partial charge >= 0.3 is 0 Å². The van der Waals surface area contributed by atoms with Crippen LogP contribution in [0.3, 0.4) is 0 Å². The Labute approximate surface area is 126 Å². The largest absolute Gasteiger partial charge is 0.309 e. The van der Waals surface area contributed by atoms with Crippen LogP contribution in [0.5, 0.6) is 0 Å². The summed E-state index contributed by atoms with van der Waals surface area (Å²) in [5.74, 6) is 0. The Morgan fingerprint density at radius 3 is 2.65 bits per heavy atom. The van der Waals surface area contributed by atoms with Crippen molar-refractivity contribution in [3.63, 3.8) is 0 Å². The molecule has 2 nitrogen and oxygen atoms in total. The van der Waals surface area contributed by atoms with Crippen LogP contribution in [-0.2, 0) is 6.42 Å². The first-order chi connectivity index (χ1) is 9.61. The van der Waals surface area contributed by atoms with Crippen LogP contribution in [0.1, 0.15) is 35.3 Å². The van der Waals surface area contributed by atoms with Crippen molar-refractivity contribution in [2.45, 2.75) is 33.2 Å². The van der Waals surface area contributed by atoms with E-state index in [2.05, 4.69) is 43.2 Å². The molecule has 1 heterocycles. The summed E-state index contributed by atoms with van der Waals surface area (Å²) in [6, 6.07) is 10.4. The summed E-state index contributed by atoms with van der Waals surface area (Å²) < 4.78 is 0. The summed E-state index contributed by atoms with van der Waals surface area (Å²) in [5.41, 5.74) is 4.68. The minimum absolute atomic E-state index is 0.195. The second-order valence-electron chi connectivity index (χ2n) is 5.12. The highest BCUT2D eigenvalue weighted by molar-refractivity contribution is 6.31. The molecule has 0 fully saturated rings. The Morgan fingerprint density at radius 2 is 2.00 bits per heavy atom. The fourth-order valence-electron chi connectivity index (χ4n) is 2.49. The van der Waals surface area contributed by atoms with Crippen molar-refractivity contribution < 1.29 is 0 Å². The van der Waals surface area contributed by atoms with Crippen molar-refractivity contribution in [2.24, 2.45) is 0 Å². The zero-order chi connectivity index (χ0) is 14.5. The molecule has 0 spiro atoms. The maximum atomic E-state index is 6.27. The summed E-state index contributed by atoms with van der Waals surface area (Å²) >= 11 is 6.27. The summed E-state index contributed by atoms with van der Waals surface area (Å²) in [6.07, 6.45) is 2.78. The first-order valence-corrected chi connectivity index (χ1v) is 7.39. The van der Waals surface area contributed by atoms with Crippen molar-refractivity contribution in [1.82, 2.24) is 10.3 Å². The Hall–Kier alpha value is -1.38. The SMILES string of the molecule is CCNC(Cc1ccccc1Cl)c1ncc(C)cc1C. The van der Waals surface area contributed by atoms with E-state index in [1.165, 1.54) is 11.1 Å². The van der Waals surface area contributed by atoms with Crippen molar-refractivity contribution in [2.75, 3.05) is 6.54 Å². The van der Waals surface area contributed by atoms with E-state index in [9.17, 15) is 0 Å². The molecule has 1 aromatic carbocycles. The Bertz CT molecular complexity index is 581. The zero-order valence-electron chi connectivity index (χ0n) is 12.3. The van der Waals surface area contributed by atoms with Gasteiger partial charge in [-0.2, -0.15) is 0 Å². The predicted molar refractivity (Wildman–Crippen MR) is 85.3 cm³/mol. The van der Waals surface area contributed by atoms with Crippen molar-refractivity contribution in [3.8, 4) is 0 Å². The number of nitrogens with one attached hydrogen (secondary N) is 1. The fraction of sp³-hybridized carbons (Fsp3) is 0.353. The molecule has 0 aliphatic rings. The third-order valence-electron chi connectivity index (χ3n) is 3.42. The first kappa shape index (κ1) is 15.0. The van der Waals surface area contributed by atoms with Gasteiger partial charge < -0.3 is 5.32 Å². The standard InChI is InChI=1S/C17H21ClN2/c1-4-19-16(10-14-7-5-6-8-15(14)18)17-13(3)9-12(2)11-20-17/h5-9,11,16,19H,4,10H2,1-3H3. The number of hydrogen-bond donors (Lipinski definition) is 1. The molecular formula is C17H21ClN2. The minimum atomic E-state index is 0.195. The van der Waals surface area contributed by atoms with Crippen LogP contribution in [-0.4, -0.2) is 11.5 Å². The van der Waals surface area contributed by atoms with Crippen LogP contribution in [0.15, 0.2) is 36.5 Å². The minimum Gasteiger partial charge on any atom is -0.309 e. The molecule has 1 aromatic heterocycles. The average Bonchev–Trinajstić information content (AvgIpc) is 2.41. The molecule has 1 unspecified atom stereocenters. The summed E-state index contributed by atoms with van der Waals surface area (Å²) in [4.78, 5) is 4.62. The lowest BCUT2D eigenvalue weighted by Gasteiger charge is -2.20. The van der Waals surface area contributed by atoms with Gasteiger partial charge in [0.2, 0.25) is 0 Å². The van der Waals surface area contributed by atoms with E-state index in [0.717, 1.165) is 29.2 Å². The van der Waals surface area contributed by atoms with E-state index in [4.69, 9.17) is 11.6 Å². The molecule has 0 saturated heterocycles. The van der Waals surface area contributed by atoms with Gasteiger partial charge in [-0.15, -0.1) is 0 Å². The maximum Gasteiger partial charge on any atom is 0.0605 e. The summed E-state index contributed by atoms with van der Waals surface area (Å²) in [6.45, 7) is 7.21. The van der Waals surface area contributed by atoms with Crippen molar-refractivity contribution in [1.29, 1.82) is 0 Å². The number of rotatable bonds is 5. The molecule has 0 saturated carbocycles. The van der Waals surface area contributed by atoms with Gasteiger partial charge in [-0.3, -0.25) is 4.98 Å². The normalized spacial score (nSPS) is 12.4. The fourth-order valence-corrected chi connectivity index (χ4v) is 2.70. The van der Waals surface area contributed by atoms with Gasteiger partial charge in [0.05, 0.1) is 11.7 Å². The van der Waals surface area contributed by atoms with Crippen molar-refractivity contribution >= 4 is 11.6 Å². The van der Waals surface area contributed by atoms with E-state index < -0.39 is 0 Å². The van der Waals surface area contributed by atoms with Gasteiger partial charge in [-0.1, -0.05) is 42.8 Å². The lowest BCUT2D eigenvalue weighted by atomic mass is 9.99. The lowest BCUT2D eigenvalue weighted by molar-refractivity contribution is 0.533. The lowest BCUT2D eigenvalue weighted by Crippen LogP contribution is -2.25. The van der Waals surface area contributed by atoms with Crippen LogP contribution in [0, 0.1) is 13.8 Å². The Kier molecular flexibility index (Phi) is 5.16. The third kappa shape index (κ3) is 3.59. The highest BCUT2D eigenvalue weighted by Gasteiger charge is 2.16. The second kappa shape index (κ2) is 6.87. The number of aryl methyl sites for hydroxylation is 2. The number of pyridine rings is 1. The Balaban J connectivity index is 2.29. The predicted octanol–water partition coefficient (Wildman–Crippen LogP) is 4.25. The highest BCUT2D eigenvalue weighted by Crippen LogP contribution is 2.24. The Morgan fingerprint density at radius 1 is 1.25 bits per heavy atom. The molecular weight excluding hydrogens is 268 g/mol. The van der Waals surface area contributed by atoms with E-state index >= 15 is 0 Å². The van der Waals surface area contributed by atoms with Crippen LogP contribution in [0.2, 0.25) is 5.02 Å². The average molecular weight is 289 g/mol. The van der Waals surface area contributed by atoms with Crippen LogP contribution >= 0.6 is 11.6 Å². The number of hydrogen-bond acceptors (Lipinski definition) is 2. The van der Waals surface area contributed by atoms with Crippen molar-refractivity contribution in [3.05, 3.63) is 63.9 Å². The van der Waals surface area contributed by atoms with E-state index in [1.54, 1.807) is 0 Å². The quantitative estimate of drug-likeness (QED) is 0.890. The van der Waals surface area contributed by atoms with Crippen LogP contribution in [0.4, 0.5) is 0 Å². The molecule has 1 N–H and O–H groups in total. The van der Waals surface area contributed by atoms with E-state index in [1.807, 2.05) is 24.4 Å². The van der Waals surface area contributed by atoms with Gasteiger partial charge in [-0.05, 0) is 49.6 Å². The summed E-state index contributed by atoms with van der Waals surface area (Å²) in [5, 5.41) is 4.33. The van der Waals surface area contributed by atoms with E-state index in [-0.39, 0.29) is 6.04 Å². The first-order valence-electron chi connectivity index (χ1n) is 7.01. The van der Waals surface area contributed by atoms with Gasteiger partial charge in [0.15, 0.2) is 0 Å². The van der Waals surface area contributed by atoms with Gasteiger partial charge in [0.1, 0.15) is 0 Å². The molecule has 1 atom stereocenters. The topological polar surface area (TPSA) is 24.9 Å². The second-order valence-corrected chi connectivity index (χ2v) is 5.53. The molecule has 0 amide bonds. The number of likely N-dealkylation sites (N-methyl/N-ethyl adjacent to an activating group) is 1. The smallest absolute Gasteiger partial charge is 0.0605 e. The van der Waals surface area contributed by atoms with E-state index in [0.29, 0.717) is 0 Å². The molecule has 2 rings (SSSR count). The molecule has 0 bridgehead atoms. The zero-order valence-corrected chi connectivity index (χ0v) is 13.0. The third-order valence-corrected chi connectivity index (χ3v) is 3.79. The number of nitrogens with zero attached hydrogens (tertiary/aromatic N) is 1. The van der Waals surface area contributed by atoms with Crippen LogP contribution in [0.25, 0.3) is 0 Å². The molecule has 2 aromatic rings. The molecule has 106 valence electrons. The van der Waals surface area contributed by atoms with Gasteiger partial charge in [0.25, 0.3) is 0 Å². The van der Waals surface area contributed by atoms with Crippen LogP contribution < -0.4 is 5.32 Å². The maximum absolute atomic E-state index is 6.27. The summed E-state index contributed by atoms with van der Waals surface area (Å²) in [7, 11) is 0. The molecule has 0 radical (unpaired) electrons. The van der Waals surface area contributed by atoms with Gasteiger partial charge in [0, 0.05) is 11.2 Å². The molecule has 0 aliphatic heterocycles. The monoisotopic (exact) mass is 288 g/mol. The molecule has 3 heteroatoms. The number of benzene rings is 1. The highest BCUT2D eigenvalue weighted by atomic mass is 35.5. The number of halogens is 1.